The second-order valence-electron chi connectivity index (χ2n) is 7.56. The first kappa shape index (κ1) is 20.0. The van der Waals surface area contributed by atoms with Crippen LogP contribution in [0.1, 0.15) is 24.0 Å². The van der Waals surface area contributed by atoms with Gasteiger partial charge in [-0.15, -0.1) is 0 Å². The molecule has 7 heteroatoms. The number of β-amino-alcohol motifs (C(OH)–C–C–N with tert-alkyl or cyclic N) is 1. The Morgan fingerprint density at radius 1 is 1.19 bits per heavy atom. The van der Waals surface area contributed by atoms with Crippen LogP contribution in [0.5, 0.6) is 0 Å². The number of carbonyl (C=O) groups is 1. The van der Waals surface area contributed by atoms with Gasteiger partial charge in [-0.05, 0) is 37.0 Å². The van der Waals surface area contributed by atoms with Crippen molar-refractivity contribution in [2.45, 2.75) is 32.4 Å². The number of hydrogen-bond donors (Lipinski definition) is 2. The molecule has 2 N–H and O–H groups in total. The lowest BCUT2D eigenvalue weighted by atomic mass is 10.0. The number of piperidine rings is 1. The summed E-state index contributed by atoms with van der Waals surface area (Å²) in [5.74, 6) is -0.235. The average molecular weight is 378 g/mol. The summed E-state index contributed by atoms with van der Waals surface area (Å²) in [5.41, 5.74) is 1.39. The maximum atomic E-state index is 13.6. The van der Waals surface area contributed by atoms with E-state index in [0.717, 1.165) is 64.2 Å². The third kappa shape index (κ3) is 5.40. The van der Waals surface area contributed by atoms with E-state index in [-0.39, 0.29) is 18.5 Å². The maximum Gasteiger partial charge on any atom is 0.317 e. The topological polar surface area (TPSA) is 59.1 Å². The highest BCUT2D eigenvalue weighted by atomic mass is 19.1. The molecule has 2 aliphatic heterocycles. The van der Waals surface area contributed by atoms with Gasteiger partial charge in [0.1, 0.15) is 5.82 Å². The Balaban J connectivity index is 1.39. The Hall–Kier alpha value is -1.70. The molecule has 2 saturated heterocycles. The first-order valence-electron chi connectivity index (χ1n) is 9.92. The van der Waals surface area contributed by atoms with Crippen LogP contribution in [-0.2, 0) is 6.54 Å². The molecule has 27 heavy (non-hydrogen) atoms. The molecule has 0 bridgehead atoms. The van der Waals surface area contributed by atoms with E-state index in [1.54, 1.807) is 13.0 Å². The van der Waals surface area contributed by atoms with Gasteiger partial charge in [-0.2, -0.15) is 0 Å². The van der Waals surface area contributed by atoms with Crippen molar-refractivity contribution >= 4 is 6.03 Å². The summed E-state index contributed by atoms with van der Waals surface area (Å²) in [5, 5.41) is 11.9. The van der Waals surface area contributed by atoms with E-state index < -0.39 is 0 Å². The van der Waals surface area contributed by atoms with Gasteiger partial charge in [0, 0.05) is 58.4 Å². The third-order valence-electron chi connectivity index (χ3n) is 5.77. The highest BCUT2D eigenvalue weighted by Gasteiger charge is 2.28. The van der Waals surface area contributed by atoms with E-state index in [9.17, 15) is 9.18 Å². The first-order chi connectivity index (χ1) is 13.1. The number of aryl methyl sites for hydroxylation is 1. The summed E-state index contributed by atoms with van der Waals surface area (Å²) in [6, 6.07) is 5.54. The fraction of sp³-hybridized carbons (Fsp3) is 0.650. The summed E-state index contributed by atoms with van der Waals surface area (Å²) in [4.78, 5) is 19.1. The number of piperazine rings is 1. The molecule has 1 aromatic rings. The van der Waals surface area contributed by atoms with Crippen molar-refractivity contribution in [1.82, 2.24) is 20.0 Å². The lowest BCUT2D eigenvalue weighted by molar-refractivity contribution is 0.0587. The van der Waals surface area contributed by atoms with Crippen LogP contribution in [0.2, 0.25) is 0 Å². The number of urea groups is 1. The van der Waals surface area contributed by atoms with Crippen molar-refractivity contribution in [3.05, 3.63) is 35.1 Å². The Labute approximate surface area is 160 Å². The van der Waals surface area contributed by atoms with Gasteiger partial charge in [0.05, 0.1) is 6.61 Å². The van der Waals surface area contributed by atoms with Crippen molar-refractivity contribution in [2.24, 2.45) is 0 Å². The van der Waals surface area contributed by atoms with Crippen molar-refractivity contribution in [3.63, 3.8) is 0 Å². The Morgan fingerprint density at radius 3 is 2.52 bits per heavy atom. The zero-order valence-corrected chi connectivity index (χ0v) is 16.2. The SMILES string of the molecule is Cc1ccc(CNC(=O)N2CCC(N3CCN(CCO)CC3)CC2)cc1F. The number of benzene rings is 1. The number of nitrogens with one attached hydrogen (secondary N) is 1. The molecular formula is C20H31FN4O2. The van der Waals surface area contributed by atoms with Crippen LogP contribution >= 0.6 is 0 Å². The Kier molecular flexibility index (Phi) is 7.04. The molecule has 1 aromatic carbocycles. The predicted octanol–water partition coefficient (Wildman–Crippen LogP) is 1.42. The molecule has 0 radical (unpaired) electrons. The van der Waals surface area contributed by atoms with Gasteiger partial charge in [0.25, 0.3) is 0 Å². The molecule has 0 saturated carbocycles. The predicted molar refractivity (Wildman–Crippen MR) is 103 cm³/mol. The number of hydrogen-bond acceptors (Lipinski definition) is 4. The van der Waals surface area contributed by atoms with E-state index >= 15 is 0 Å². The molecule has 6 nitrogen and oxygen atoms in total. The van der Waals surface area contributed by atoms with Gasteiger partial charge in [-0.3, -0.25) is 9.80 Å². The number of nitrogens with zero attached hydrogens (tertiary/aromatic N) is 3. The minimum Gasteiger partial charge on any atom is -0.395 e. The fourth-order valence-corrected chi connectivity index (χ4v) is 3.96. The maximum absolute atomic E-state index is 13.6. The lowest BCUT2D eigenvalue weighted by Gasteiger charge is -2.42. The van der Waals surface area contributed by atoms with E-state index in [1.807, 2.05) is 11.0 Å². The van der Waals surface area contributed by atoms with Crippen LogP contribution in [0.15, 0.2) is 18.2 Å². The molecule has 0 aromatic heterocycles. The van der Waals surface area contributed by atoms with Gasteiger partial charge >= 0.3 is 6.03 Å². The molecule has 0 unspecified atom stereocenters. The number of rotatable bonds is 5. The largest absolute Gasteiger partial charge is 0.395 e. The van der Waals surface area contributed by atoms with Crippen LogP contribution in [0.25, 0.3) is 0 Å². The highest BCUT2D eigenvalue weighted by Crippen LogP contribution is 2.18. The molecule has 3 rings (SSSR count). The molecule has 2 amide bonds. The number of halogens is 1. The van der Waals surface area contributed by atoms with Crippen LogP contribution in [0.3, 0.4) is 0 Å². The van der Waals surface area contributed by atoms with Crippen molar-refractivity contribution < 1.29 is 14.3 Å². The summed E-state index contributed by atoms with van der Waals surface area (Å²) in [6.45, 7) is 8.68. The summed E-state index contributed by atoms with van der Waals surface area (Å²) >= 11 is 0. The fourth-order valence-electron chi connectivity index (χ4n) is 3.96. The van der Waals surface area contributed by atoms with E-state index in [2.05, 4.69) is 15.1 Å². The minimum absolute atomic E-state index is 0.0674. The van der Waals surface area contributed by atoms with Crippen molar-refractivity contribution in [3.8, 4) is 0 Å². The van der Waals surface area contributed by atoms with Crippen LogP contribution in [0, 0.1) is 12.7 Å². The standard InChI is InChI=1S/C20H31FN4O2/c1-16-2-3-17(14-19(16)21)15-22-20(27)25-6-4-18(5-7-25)24-10-8-23(9-11-24)12-13-26/h2-3,14,18,26H,4-13,15H2,1H3,(H,22,27). The molecule has 2 heterocycles. The second kappa shape index (κ2) is 9.48. The number of aliphatic hydroxyl groups excluding tert-OH is 1. The average Bonchev–Trinajstić information content (AvgIpc) is 2.70. The van der Waals surface area contributed by atoms with Crippen LogP contribution < -0.4 is 5.32 Å². The third-order valence-corrected chi connectivity index (χ3v) is 5.77. The van der Waals surface area contributed by atoms with E-state index in [4.69, 9.17) is 5.11 Å². The van der Waals surface area contributed by atoms with E-state index in [1.165, 1.54) is 6.07 Å². The lowest BCUT2D eigenvalue weighted by Crippen LogP contribution is -2.54. The van der Waals surface area contributed by atoms with Crippen molar-refractivity contribution in [1.29, 1.82) is 0 Å². The number of amides is 2. The quantitative estimate of drug-likeness (QED) is 0.814. The Morgan fingerprint density at radius 2 is 1.89 bits per heavy atom. The zero-order valence-electron chi connectivity index (χ0n) is 16.2. The summed E-state index contributed by atoms with van der Waals surface area (Å²) in [7, 11) is 0. The first-order valence-corrected chi connectivity index (χ1v) is 9.92. The van der Waals surface area contributed by atoms with Crippen LogP contribution in [-0.4, -0.2) is 84.3 Å². The number of likely N-dealkylation sites (tertiary alicyclic amines) is 1. The second-order valence-corrected chi connectivity index (χ2v) is 7.56. The monoisotopic (exact) mass is 378 g/mol. The summed E-state index contributed by atoms with van der Waals surface area (Å²) in [6.07, 6.45) is 1.99. The van der Waals surface area contributed by atoms with Crippen LogP contribution in [0.4, 0.5) is 9.18 Å². The molecule has 0 atom stereocenters. The number of aliphatic hydroxyl groups is 1. The molecular weight excluding hydrogens is 347 g/mol. The normalized spacial score (nSPS) is 20.0. The minimum atomic E-state index is -0.235. The molecule has 0 spiro atoms. The zero-order chi connectivity index (χ0) is 19.2. The van der Waals surface area contributed by atoms with Gasteiger partial charge in [-0.25, -0.2) is 9.18 Å². The van der Waals surface area contributed by atoms with Gasteiger partial charge in [0.15, 0.2) is 0 Å². The summed E-state index contributed by atoms with van der Waals surface area (Å²) < 4.78 is 13.6. The van der Waals surface area contributed by atoms with Gasteiger partial charge < -0.3 is 15.3 Å². The molecule has 2 fully saturated rings. The smallest absolute Gasteiger partial charge is 0.317 e. The molecule has 2 aliphatic rings. The van der Waals surface area contributed by atoms with Crippen molar-refractivity contribution in [2.75, 3.05) is 52.4 Å². The molecule has 150 valence electrons. The Bertz CT molecular complexity index is 626. The number of carbonyl (C=O) groups excluding carboxylic acids is 1. The molecule has 0 aliphatic carbocycles. The highest BCUT2D eigenvalue weighted by molar-refractivity contribution is 5.74. The van der Waals surface area contributed by atoms with Gasteiger partial charge in [0.2, 0.25) is 0 Å². The van der Waals surface area contributed by atoms with E-state index in [0.29, 0.717) is 18.2 Å². The van der Waals surface area contributed by atoms with Gasteiger partial charge in [-0.1, -0.05) is 12.1 Å².